The van der Waals surface area contributed by atoms with Gasteiger partial charge in [-0.15, -0.1) is 5.10 Å². The van der Waals surface area contributed by atoms with Gasteiger partial charge in [0.05, 0.1) is 5.39 Å². The predicted octanol–water partition coefficient (Wildman–Crippen LogP) is 1.79. The molecule has 0 radical (unpaired) electrons. The lowest BCUT2D eigenvalue weighted by Crippen LogP contribution is -2.11. The molecule has 3 rings (SSSR count). The Labute approximate surface area is 114 Å². The molecule has 106 valence electrons. The number of benzene rings is 1. The van der Waals surface area contributed by atoms with Crippen LogP contribution in [-0.2, 0) is 6.18 Å². The van der Waals surface area contributed by atoms with E-state index in [2.05, 4.69) is 25.4 Å². The summed E-state index contributed by atoms with van der Waals surface area (Å²) in [6.45, 7) is 0. The highest BCUT2D eigenvalue weighted by Crippen LogP contribution is 2.27. The first-order chi connectivity index (χ1) is 9.95. The average Bonchev–Trinajstić information content (AvgIpc) is 2.47. The van der Waals surface area contributed by atoms with Crippen molar-refractivity contribution >= 4 is 10.9 Å². The SMILES string of the molecule is O=c1[nH]nnc2ccc(-c3cnc(C(F)(F)F)nc3)cc12. The van der Waals surface area contributed by atoms with Gasteiger partial charge < -0.3 is 0 Å². The van der Waals surface area contributed by atoms with Gasteiger partial charge in [-0.05, 0) is 17.7 Å². The van der Waals surface area contributed by atoms with Gasteiger partial charge in [-0.25, -0.2) is 15.1 Å². The minimum atomic E-state index is -4.59. The van der Waals surface area contributed by atoms with Crippen LogP contribution in [0.15, 0.2) is 35.4 Å². The number of rotatable bonds is 1. The zero-order valence-corrected chi connectivity index (χ0v) is 10.2. The van der Waals surface area contributed by atoms with Gasteiger partial charge in [0.1, 0.15) is 5.52 Å². The minimum Gasteiger partial charge on any atom is -0.267 e. The molecule has 0 saturated carbocycles. The van der Waals surface area contributed by atoms with E-state index in [1.54, 1.807) is 12.1 Å². The summed E-state index contributed by atoms with van der Waals surface area (Å²) in [6.07, 6.45) is -2.48. The van der Waals surface area contributed by atoms with E-state index in [0.717, 1.165) is 12.4 Å². The molecule has 0 aliphatic heterocycles. The van der Waals surface area contributed by atoms with Crippen molar-refractivity contribution in [3.8, 4) is 11.1 Å². The summed E-state index contributed by atoms with van der Waals surface area (Å²) in [4.78, 5) is 18.2. The number of aromatic nitrogens is 5. The van der Waals surface area contributed by atoms with Crippen LogP contribution in [0.2, 0.25) is 0 Å². The van der Waals surface area contributed by atoms with Crippen LogP contribution in [0.3, 0.4) is 0 Å². The monoisotopic (exact) mass is 293 g/mol. The highest BCUT2D eigenvalue weighted by atomic mass is 19.4. The van der Waals surface area contributed by atoms with Gasteiger partial charge in [0, 0.05) is 18.0 Å². The van der Waals surface area contributed by atoms with E-state index in [9.17, 15) is 18.0 Å². The highest BCUT2D eigenvalue weighted by molar-refractivity contribution is 5.82. The van der Waals surface area contributed by atoms with Crippen LogP contribution >= 0.6 is 0 Å². The third-order valence-corrected chi connectivity index (χ3v) is 2.79. The lowest BCUT2D eigenvalue weighted by molar-refractivity contribution is -0.144. The number of H-pyrrole nitrogens is 1. The average molecular weight is 293 g/mol. The fourth-order valence-corrected chi connectivity index (χ4v) is 1.79. The molecule has 0 bridgehead atoms. The smallest absolute Gasteiger partial charge is 0.267 e. The minimum absolute atomic E-state index is 0.280. The van der Waals surface area contributed by atoms with Crippen LogP contribution in [0.4, 0.5) is 13.2 Å². The lowest BCUT2D eigenvalue weighted by Gasteiger charge is -2.06. The van der Waals surface area contributed by atoms with Gasteiger partial charge in [-0.3, -0.25) is 4.79 Å². The standard InChI is InChI=1S/C12H6F3N5O/c13-12(14,15)11-16-4-7(5-17-11)6-1-2-9-8(3-6)10(21)19-20-18-9/h1-5H,(H,18,19,21). The van der Waals surface area contributed by atoms with Crippen LogP contribution in [0, 0.1) is 0 Å². The number of nitrogens with zero attached hydrogens (tertiary/aromatic N) is 4. The summed E-state index contributed by atoms with van der Waals surface area (Å²) >= 11 is 0. The van der Waals surface area contributed by atoms with E-state index in [0.29, 0.717) is 16.6 Å². The number of aromatic amines is 1. The van der Waals surface area contributed by atoms with Gasteiger partial charge in [0.2, 0.25) is 5.82 Å². The number of hydrogen-bond donors (Lipinski definition) is 1. The zero-order valence-electron chi connectivity index (χ0n) is 10.2. The second kappa shape index (κ2) is 4.62. The fraction of sp³-hybridized carbons (Fsp3) is 0.0833. The van der Waals surface area contributed by atoms with Crippen molar-refractivity contribution in [1.82, 2.24) is 25.4 Å². The van der Waals surface area contributed by atoms with E-state index in [4.69, 9.17) is 0 Å². The summed E-state index contributed by atoms with van der Waals surface area (Å²) in [6, 6.07) is 4.64. The number of hydrogen-bond acceptors (Lipinski definition) is 5. The van der Waals surface area contributed by atoms with Crippen molar-refractivity contribution in [2.24, 2.45) is 0 Å². The number of halogens is 3. The molecular formula is C12H6F3N5O. The van der Waals surface area contributed by atoms with Crippen LogP contribution < -0.4 is 5.56 Å². The van der Waals surface area contributed by atoms with Crippen molar-refractivity contribution < 1.29 is 13.2 Å². The van der Waals surface area contributed by atoms with Crippen molar-refractivity contribution in [3.05, 3.63) is 46.8 Å². The molecule has 9 heteroatoms. The second-order valence-electron chi connectivity index (χ2n) is 4.17. The maximum atomic E-state index is 12.4. The Balaban J connectivity index is 2.08. The van der Waals surface area contributed by atoms with Crippen molar-refractivity contribution in [1.29, 1.82) is 0 Å². The fourth-order valence-electron chi connectivity index (χ4n) is 1.79. The van der Waals surface area contributed by atoms with Gasteiger partial charge in [-0.2, -0.15) is 13.2 Å². The molecule has 0 aliphatic rings. The molecule has 0 fully saturated rings. The predicted molar refractivity (Wildman–Crippen MR) is 66.2 cm³/mol. The molecule has 0 aliphatic carbocycles. The topological polar surface area (TPSA) is 84.4 Å². The van der Waals surface area contributed by atoms with Gasteiger partial charge >= 0.3 is 6.18 Å². The normalized spacial score (nSPS) is 11.8. The molecule has 0 saturated heterocycles. The van der Waals surface area contributed by atoms with Gasteiger partial charge in [0.25, 0.3) is 5.56 Å². The quantitative estimate of drug-likeness (QED) is 0.739. The molecule has 0 spiro atoms. The summed E-state index contributed by atoms with van der Waals surface area (Å²) in [5, 5.41) is 9.62. The molecule has 21 heavy (non-hydrogen) atoms. The summed E-state index contributed by atoms with van der Waals surface area (Å²) in [7, 11) is 0. The van der Waals surface area contributed by atoms with Crippen LogP contribution in [0.5, 0.6) is 0 Å². The molecule has 1 N–H and O–H groups in total. The zero-order chi connectivity index (χ0) is 15.0. The summed E-state index contributed by atoms with van der Waals surface area (Å²) in [5.41, 5.74) is 0.820. The first-order valence-electron chi connectivity index (χ1n) is 5.70. The van der Waals surface area contributed by atoms with Crippen molar-refractivity contribution in [2.75, 3.05) is 0 Å². The molecular weight excluding hydrogens is 287 g/mol. The van der Waals surface area contributed by atoms with E-state index in [1.165, 1.54) is 6.07 Å². The number of fused-ring (bicyclic) bond motifs is 1. The Morgan fingerprint density at radius 3 is 2.43 bits per heavy atom. The Morgan fingerprint density at radius 1 is 1.05 bits per heavy atom. The molecule has 2 heterocycles. The van der Waals surface area contributed by atoms with E-state index in [-0.39, 0.29) is 5.39 Å². The molecule has 0 atom stereocenters. The maximum absolute atomic E-state index is 12.4. The van der Waals surface area contributed by atoms with Crippen LogP contribution in [0.1, 0.15) is 5.82 Å². The first-order valence-corrected chi connectivity index (χ1v) is 5.70. The Morgan fingerprint density at radius 2 is 1.76 bits per heavy atom. The molecule has 2 aromatic heterocycles. The van der Waals surface area contributed by atoms with E-state index >= 15 is 0 Å². The molecule has 3 aromatic rings. The van der Waals surface area contributed by atoms with E-state index in [1.807, 2.05) is 0 Å². The van der Waals surface area contributed by atoms with Gasteiger partial charge in [0.15, 0.2) is 0 Å². The Bertz CT molecular complexity index is 857. The number of alkyl halides is 3. The third-order valence-electron chi connectivity index (χ3n) is 2.79. The molecule has 0 unspecified atom stereocenters. The first kappa shape index (κ1) is 13.2. The highest BCUT2D eigenvalue weighted by Gasteiger charge is 2.34. The lowest BCUT2D eigenvalue weighted by atomic mass is 10.1. The number of nitrogens with one attached hydrogen (secondary N) is 1. The third kappa shape index (κ3) is 2.45. The second-order valence-corrected chi connectivity index (χ2v) is 4.17. The van der Waals surface area contributed by atoms with Crippen molar-refractivity contribution in [3.63, 3.8) is 0 Å². The van der Waals surface area contributed by atoms with Crippen molar-refractivity contribution in [2.45, 2.75) is 6.18 Å². The maximum Gasteiger partial charge on any atom is 0.451 e. The summed E-state index contributed by atoms with van der Waals surface area (Å²) < 4.78 is 37.2. The van der Waals surface area contributed by atoms with Gasteiger partial charge in [-0.1, -0.05) is 11.3 Å². The molecule has 1 aromatic carbocycles. The van der Waals surface area contributed by atoms with Crippen LogP contribution in [0.25, 0.3) is 22.0 Å². The Kier molecular flexibility index (Phi) is 2.89. The Hall–Kier alpha value is -2.84. The largest absolute Gasteiger partial charge is 0.451 e. The molecule has 0 amide bonds. The van der Waals surface area contributed by atoms with E-state index < -0.39 is 17.6 Å². The van der Waals surface area contributed by atoms with Crippen LogP contribution in [-0.4, -0.2) is 25.4 Å². The summed E-state index contributed by atoms with van der Waals surface area (Å²) in [5.74, 6) is -1.21. The molecule has 6 nitrogen and oxygen atoms in total.